The van der Waals surface area contributed by atoms with Crippen LogP contribution in [0.2, 0.25) is 0 Å². The van der Waals surface area contributed by atoms with Gasteiger partial charge < -0.3 is 0 Å². The number of para-hydroxylation sites is 1. The number of hydrogen-bond donors (Lipinski definition) is 0. The minimum absolute atomic E-state index is 0.615. The van der Waals surface area contributed by atoms with E-state index in [2.05, 4.69) is 285 Å². The van der Waals surface area contributed by atoms with Crippen LogP contribution < -0.4 is 0 Å². The second kappa shape index (κ2) is 37.6. The minimum Gasteiger partial charge on any atom is -0.255 e. The maximum absolute atomic E-state index is 5.36. The lowest BCUT2D eigenvalue weighted by molar-refractivity contribution is 0.316. The Kier molecular flexibility index (Phi) is 22.0. The summed E-state index contributed by atoms with van der Waals surface area (Å²) in [6.07, 6.45) is 3.57. The minimum atomic E-state index is 0.615. The van der Waals surface area contributed by atoms with Gasteiger partial charge >= 0.3 is 0 Å². The quantitative estimate of drug-likeness (QED) is 0.0865. The van der Waals surface area contributed by atoms with Gasteiger partial charge in [-0.2, -0.15) is 4.80 Å². The zero-order valence-electron chi connectivity index (χ0n) is 79.4. The fourth-order valence-corrected chi connectivity index (χ4v) is 20.0. The standard InChI is InChI=1S/C52H33N7.C40H24N6O.C37H21N5O/c1-6-16-35(17-7-1)42-33-44-46(49-48(42)57-59(58-49)41-24-14-5-15-25-41)43-32-40(30-31-45(43)53-47(44)36-18-8-2-9-19-36)34-26-28-39(29-27-34)52-55-50(37-20-10-3-11-21-37)54-51(56-52)38-22-12-4-13-23-38;1-2-8-27(9-3-1)39-30-17-19-35-40(46-47-45-35)38(30)31-22-28(16-18-32(31)44-39)25-12-14-26(15-13-25)29-23-36(33-10-4-6-20-41-33)43-37(24-29)34-11-5-7-21-42-34;1-3-7-22(8-4-1)29-17-13-24-11-12-25-14-18-30(39-36(25)35(24)38-29)26-15-19-31-28(21-26)33-27(16-20-32-37(33)42-43-41-32)34(40-31)23-9-5-2-6-10-23/h1-33H;1-24H;1-21H. The molecule has 20 heteroatoms. The summed E-state index contributed by atoms with van der Waals surface area (Å²) in [4.78, 5) is 56.4. The van der Waals surface area contributed by atoms with E-state index in [1.807, 2.05) is 206 Å². The molecular formula is C129H78N18O2. The summed E-state index contributed by atoms with van der Waals surface area (Å²) >= 11 is 0. The second-order valence-electron chi connectivity index (χ2n) is 36.4. The SMILES string of the molecule is c1ccc(-c2ccc3ccc4ccc(-c5ccc6nc(-c7ccccc7)c7ccc8nonc8c7c6c5)nc4c3n2)cc1.c1ccc(-c2nc(-c3ccccc3)nc(-c3ccc(-c4ccc5nc(-c6ccccc6)c6cc(-c7ccccc7)c7nn(-c8ccccc8)nc7c6c5c4)cc3)n2)cc1.c1ccc(-c2nc3ccc(-c4ccc(-c5cc(-c6ccccn6)nc(-c6ccccn6)c5)cc4)cc3c3c2ccc2nonc23)cc1. The normalized spacial score (nSPS) is 11.5. The van der Waals surface area contributed by atoms with Gasteiger partial charge in [0.2, 0.25) is 0 Å². The molecule has 0 fully saturated rings. The van der Waals surface area contributed by atoms with Gasteiger partial charge in [-0.1, -0.05) is 334 Å². The van der Waals surface area contributed by atoms with E-state index in [1.54, 1.807) is 17.2 Å². The average Bonchev–Trinajstić information content (AvgIpc) is 1.65. The number of fused-ring (bicyclic) bond motifs is 18. The molecule has 0 bridgehead atoms. The average molecular weight is 1910 g/mol. The number of benzene rings is 17. The lowest BCUT2D eigenvalue weighted by Gasteiger charge is -2.14. The number of pyridine rings is 8. The first-order valence-corrected chi connectivity index (χ1v) is 48.9. The predicted molar refractivity (Wildman–Crippen MR) is 594 cm³/mol. The first-order chi connectivity index (χ1) is 73.8. The van der Waals surface area contributed by atoms with E-state index < -0.39 is 0 Å². The van der Waals surface area contributed by atoms with Crippen LogP contribution >= 0.6 is 0 Å². The molecule has 0 unspecified atom stereocenters. The Bertz CT molecular complexity index is 10100. The van der Waals surface area contributed by atoms with Crippen LogP contribution in [0.25, 0.3) is 283 Å². The van der Waals surface area contributed by atoms with Crippen molar-refractivity contribution in [1.29, 1.82) is 0 Å². The Morgan fingerprint density at radius 1 is 0.174 bits per heavy atom. The Morgan fingerprint density at radius 3 is 0.960 bits per heavy atom. The first kappa shape index (κ1) is 87.3. The van der Waals surface area contributed by atoms with Crippen molar-refractivity contribution in [2.45, 2.75) is 0 Å². The third-order valence-electron chi connectivity index (χ3n) is 27.3. The molecule has 12 aromatic heterocycles. The van der Waals surface area contributed by atoms with Gasteiger partial charge in [0.25, 0.3) is 0 Å². The molecule has 12 heterocycles. The molecule has 0 spiro atoms. The van der Waals surface area contributed by atoms with E-state index in [1.165, 1.54) is 0 Å². The second-order valence-corrected chi connectivity index (χ2v) is 36.4. The van der Waals surface area contributed by atoms with Crippen LogP contribution in [0, 0.1) is 0 Å². The maximum atomic E-state index is 5.36. The van der Waals surface area contributed by atoms with Crippen LogP contribution in [0.3, 0.4) is 0 Å². The van der Waals surface area contributed by atoms with Gasteiger partial charge in [-0.05, 0) is 187 Å². The molecule has 17 aromatic carbocycles. The highest BCUT2D eigenvalue weighted by Crippen LogP contribution is 2.46. The number of rotatable bonds is 15. The first-order valence-electron chi connectivity index (χ1n) is 48.9. The summed E-state index contributed by atoms with van der Waals surface area (Å²) in [5.74, 6) is 1.88. The third-order valence-corrected chi connectivity index (χ3v) is 27.3. The highest BCUT2D eigenvalue weighted by atomic mass is 16.6. The molecule has 0 amide bonds. The summed E-state index contributed by atoms with van der Waals surface area (Å²) in [6.45, 7) is 0. The van der Waals surface area contributed by atoms with Crippen molar-refractivity contribution in [2.75, 3.05) is 0 Å². The van der Waals surface area contributed by atoms with Crippen LogP contribution in [-0.2, 0) is 0 Å². The van der Waals surface area contributed by atoms with Crippen LogP contribution in [0.5, 0.6) is 0 Å². The molecule has 0 aliphatic rings. The summed E-state index contributed by atoms with van der Waals surface area (Å²) in [6, 6.07) is 157. The van der Waals surface area contributed by atoms with Crippen molar-refractivity contribution in [2.24, 2.45) is 0 Å². The van der Waals surface area contributed by atoms with Gasteiger partial charge in [-0.3, -0.25) is 9.97 Å². The molecular weight excluding hydrogens is 1830 g/mol. The number of hydrogen-bond acceptors (Lipinski definition) is 19. The van der Waals surface area contributed by atoms with E-state index in [0.717, 1.165) is 249 Å². The Morgan fingerprint density at radius 2 is 0.517 bits per heavy atom. The Balaban J connectivity index is 0.000000112. The predicted octanol–water partition coefficient (Wildman–Crippen LogP) is 30.8. The topological polar surface area (TPSA) is 250 Å². The molecule has 29 rings (SSSR count). The van der Waals surface area contributed by atoms with Gasteiger partial charge in [0.15, 0.2) is 17.5 Å². The van der Waals surface area contributed by atoms with Crippen molar-refractivity contribution in [3.63, 3.8) is 0 Å². The highest BCUT2D eigenvalue weighted by molar-refractivity contribution is 6.25. The van der Waals surface area contributed by atoms with Crippen LogP contribution in [0.15, 0.2) is 483 Å². The lowest BCUT2D eigenvalue weighted by Crippen LogP contribution is -2.00. The van der Waals surface area contributed by atoms with E-state index >= 15 is 0 Å². The van der Waals surface area contributed by atoms with Crippen molar-refractivity contribution < 1.29 is 9.26 Å². The van der Waals surface area contributed by atoms with E-state index in [9.17, 15) is 0 Å². The van der Waals surface area contributed by atoms with Gasteiger partial charge in [0.1, 0.15) is 33.1 Å². The van der Waals surface area contributed by atoms with Crippen molar-refractivity contribution in [3.8, 4) is 163 Å². The van der Waals surface area contributed by atoms with Gasteiger partial charge in [0.05, 0.1) is 84.5 Å². The van der Waals surface area contributed by atoms with Crippen LogP contribution in [0.4, 0.5) is 0 Å². The largest absolute Gasteiger partial charge is 0.255 e. The van der Waals surface area contributed by atoms with Crippen molar-refractivity contribution >= 4 is 120 Å². The number of nitrogens with zero attached hydrogens (tertiary/aromatic N) is 18. The van der Waals surface area contributed by atoms with Gasteiger partial charge in [-0.25, -0.2) is 54.1 Å². The monoisotopic (exact) mass is 1910 g/mol. The molecule has 0 atom stereocenters. The maximum Gasteiger partial charge on any atom is 0.164 e. The van der Waals surface area contributed by atoms with Gasteiger partial charge in [0, 0.05) is 122 Å². The van der Waals surface area contributed by atoms with E-state index in [-0.39, 0.29) is 0 Å². The Hall–Kier alpha value is -20.8. The number of aromatic nitrogens is 18. The molecule has 0 saturated heterocycles. The molecule has 29 aromatic rings. The summed E-state index contributed by atoms with van der Waals surface area (Å²) in [5.41, 5.74) is 33.9. The highest BCUT2D eigenvalue weighted by Gasteiger charge is 2.26. The van der Waals surface area contributed by atoms with E-state index in [4.69, 9.17) is 64.3 Å². The molecule has 0 radical (unpaired) electrons. The molecule has 0 aliphatic heterocycles. The molecule has 149 heavy (non-hydrogen) atoms. The zero-order valence-corrected chi connectivity index (χ0v) is 79.4. The van der Waals surface area contributed by atoms with Crippen molar-refractivity contribution in [3.05, 3.63) is 473 Å². The molecule has 20 nitrogen and oxygen atoms in total. The molecule has 0 aliphatic carbocycles. The summed E-state index contributed by atoms with van der Waals surface area (Å²) in [7, 11) is 0. The fourth-order valence-electron chi connectivity index (χ4n) is 20.0. The van der Waals surface area contributed by atoms with Crippen LogP contribution in [-0.4, -0.2) is 90.4 Å². The lowest BCUT2D eigenvalue weighted by atomic mass is 9.93. The summed E-state index contributed by atoms with van der Waals surface area (Å²) < 4.78 is 10.4. The van der Waals surface area contributed by atoms with Crippen LogP contribution in [0.1, 0.15) is 0 Å². The Labute approximate surface area is 850 Å². The fraction of sp³-hybridized carbons (Fsp3) is 0. The van der Waals surface area contributed by atoms with Gasteiger partial charge in [-0.15, -0.1) is 10.2 Å². The molecule has 0 N–H and O–H groups in total. The zero-order chi connectivity index (χ0) is 98.6. The summed E-state index contributed by atoms with van der Waals surface area (Å²) in [5, 5.41) is 38.3. The smallest absolute Gasteiger partial charge is 0.164 e. The third kappa shape index (κ3) is 16.5. The van der Waals surface area contributed by atoms with E-state index in [0.29, 0.717) is 34.0 Å². The molecule has 696 valence electrons. The van der Waals surface area contributed by atoms with Crippen molar-refractivity contribution in [1.82, 2.24) is 90.4 Å². The molecule has 0 saturated carbocycles.